The molecule has 9 heteroatoms. The van der Waals surface area contributed by atoms with E-state index in [2.05, 4.69) is 14.9 Å². The highest BCUT2D eigenvalue weighted by Gasteiger charge is 2.29. The molecule has 1 aromatic carbocycles. The highest BCUT2D eigenvalue weighted by Crippen LogP contribution is 2.42. The molecule has 1 fully saturated rings. The monoisotopic (exact) mass is 341 g/mol. The van der Waals surface area contributed by atoms with Crippen LogP contribution in [-0.4, -0.2) is 32.8 Å². The maximum absolute atomic E-state index is 12.5. The van der Waals surface area contributed by atoms with E-state index < -0.39 is 10.0 Å². The van der Waals surface area contributed by atoms with Gasteiger partial charge < -0.3 is 9.47 Å². The van der Waals surface area contributed by atoms with Crippen LogP contribution < -0.4 is 14.2 Å². The van der Waals surface area contributed by atoms with Crippen molar-refractivity contribution in [3.8, 4) is 11.5 Å². The Kier molecular flexibility index (Phi) is 3.92. The van der Waals surface area contributed by atoms with Gasteiger partial charge in [0.15, 0.2) is 0 Å². The molecule has 1 heterocycles. The van der Waals surface area contributed by atoms with Gasteiger partial charge in [0.05, 0.1) is 14.2 Å². The molecule has 0 bridgehead atoms. The number of nitrogens with zero attached hydrogens (tertiary/aromatic N) is 2. The second-order valence-corrected chi connectivity index (χ2v) is 7.50. The molecule has 2 aromatic rings. The number of anilines is 1. The Morgan fingerprint density at radius 1 is 1.23 bits per heavy atom. The van der Waals surface area contributed by atoms with Crippen molar-refractivity contribution in [1.29, 1.82) is 0 Å². The number of benzene rings is 1. The lowest BCUT2D eigenvalue weighted by Gasteiger charge is -2.11. The molecule has 0 amide bonds. The summed E-state index contributed by atoms with van der Waals surface area (Å²) in [5.41, 5.74) is 0. The van der Waals surface area contributed by atoms with Crippen LogP contribution in [0.1, 0.15) is 23.8 Å². The summed E-state index contributed by atoms with van der Waals surface area (Å²) in [4.78, 5) is -0.00229. The van der Waals surface area contributed by atoms with E-state index >= 15 is 0 Å². The van der Waals surface area contributed by atoms with Crippen LogP contribution >= 0.6 is 11.3 Å². The molecule has 0 spiro atoms. The first-order valence-electron chi connectivity index (χ1n) is 6.61. The molecular weight excluding hydrogens is 326 g/mol. The van der Waals surface area contributed by atoms with Crippen molar-refractivity contribution >= 4 is 26.5 Å². The second kappa shape index (κ2) is 5.73. The van der Waals surface area contributed by atoms with Gasteiger partial charge in [0.2, 0.25) is 5.13 Å². The lowest BCUT2D eigenvalue weighted by atomic mass is 10.3. The van der Waals surface area contributed by atoms with E-state index in [1.807, 2.05) is 0 Å². The van der Waals surface area contributed by atoms with Gasteiger partial charge >= 0.3 is 0 Å². The van der Waals surface area contributed by atoms with Gasteiger partial charge in [-0.15, -0.1) is 10.2 Å². The first-order valence-corrected chi connectivity index (χ1v) is 8.91. The summed E-state index contributed by atoms with van der Waals surface area (Å²) in [5, 5.41) is 9.04. The van der Waals surface area contributed by atoms with Gasteiger partial charge in [-0.05, 0) is 25.0 Å². The SMILES string of the molecule is COc1ccc(OC)c(S(=O)(=O)Nc2nnc(C3CC3)s2)c1. The molecule has 1 aromatic heterocycles. The topological polar surface area (TPSA) is 90.4 Å². The Morgan fingerprint density at radius 2 is 2.00 bits per heavy atom. The van der Waals surface area contributed by atoms with Gasteiger partial charge in [-0.2, -0.15) is 0 Å². The third-order valence-corrected chi connectivity index (χ3v) is 5.74. The van der Waals surface area contributed by atoms with Crippen molar-refractivity contribution in [3.05, 3.63) is 23.2 Å². The van der Waals surface area contributed by atoms with E-state index in [4.69, 9.17) is 9.47 Å². The fourth-order valence-corrected chi connectivity index (χ4v) is 4.26. The average molecular weight is 341 g/mol. The fraction of sp³-hybridized carbons (Fsp3) is 0.385. The van der Waals surface area contributed by atoms with Crippen LogP contribution in [0.3, 0.4) is 0 Å². The molecule has 1 saturated carbocycles. The van der Waals surface area contributed by atoms with Crippen LogP contribution in [0.25, 0.3) is 0 Å². The molecular formula is C13H15N3O4S2. The van der Waals surface area contributed by atoms with E-state index in [1.54, 1.807) is 12.1 Å². The fourth-order valence-electron chi connectivity index (χ4n) is 1.94. The molecule has 1 aliphatic rings. The summed E-state index contributed by atoms with van der Waals surface area (Å²) in [6.45, 7) is 0. The molecule has 22 heavy (non-hydrogen) atoms. The van der Waals surface area contributed by atoms with Crippen molar-refractivity contribution in [2.75, 3.05) is 18.9 Å². The normalized spacial score (nSPS) is 14.6. The summed E-state index contributed by atoms with van der Waals surface area (Å²) in [5.74, 6) is 1.10. The van der Waals surface area contributed by atoms with Crippen LogP contribution in [-0.2, 0) is 10.0 Å². The number of hydrogen-bond acceptors (Lipinski definition) is 7. The Labute approximate surface area is 132 Å². The minimum atomic E-state index is -3.83. The van der Waals surface area contributed by atoms with Crippen LogP contribution in [0, 0.1) is 0 Å². The van der Waals surface area contributed by atoms with E-state index in [-0.39, 0.29) is 15.8 Å². The van der Waals surface area contributed by atoms with Gasteiger partial charge in [-0.1, -0.05) is 11.3 Å². The number of sulfonamides is 1. The first kappa shape index (κ1) is 15.0. The smallest absolute Gasteiger partial charge is 0.267 e. The van der Waals surface area contributed by atoms with Crippen molar-refractivity contribution < 1.29 is 17.9 Å². The highest BCUT2D eigenvalue weighted by molar-refractivity contribution is 7.93. The van der Waals surface area contributed by atoms with Gasteiger partial charge in [-0.25, -0.2) is 8.42 Å². The Morgan fingerprint density at radius 3 is 2.64 bits per heavy atom. The number of methoxy groups -OCH3 is 2. The minimum absolute atomic E-state index is 0.00229. The summed E-state index contributed by atoms with van der Waals surface area (Å²) < 4.78 is 37.7. The quantitative estimate of drug-likeness (QED) is 0.866. The van der Waals surface area contributed by atoms with Crippen molar-refractivity contribution in [2.24, 2.45) is 0 Å². The summed E-state index contributed by atoms with van der Waals surface area (Å²) in [7, 11) is -0.944. The zero-order valence-corrected chi connectivity index (χ0v) is 13.7. The molecule has 0 radical (unpaired) electrons. The van der Waals surface area contributed by atoms with Crippen LogP contribution in [0.4, 0.5) is 5.13 Å². The van der Waals surface area contributed by atoms with Gasteiger partial charge in [0.25, 0.3) is 10.0 Å². The average Bonchev–Trinajstić information content (AvgIpc) is 3.27. The van der Waals surface area contributed by atoms with Gasteiger partial charge in [-0.3, -0.25) is 4.72 Å². The third-order valence-electron chi connectivity index (χ3n) is 3.25. The van der Waals surface area contributed by atoms with Gasteiger partial charge in [0.1, 0.15) is 21.4 Å². The number of nitrogens with one attached hydrogen (secondary N) is 1. The summed E-state index contributed by atoms with van der Waals surface area (Å²) in [6.07, 6.45) is 2.18. The Bertz CT molecular complexity index is 784. The van der Waals surface area contributed by atoms with E-state index in [0.29, 0.717) is 11.7 Å². The predicted octanol–water partition coefficient (Wildman–Crippen LogP) is 2.23. The minimum Gasteiger partial charge on any atom is -0.497 e. The third kappa shape index (κ3) is 3.00. The molecule has 7 nitrogen and oxygen atoms in total. The largest absolute Gasteiger partial charge is 0.497 e. The van der Waals surface area contributed by atoms with Crippen LogP contribution in [0.5, 0.6) is 11.5 Å². The summed E-state index contributed by atoms with van der Waals surface area (Å²) in [6, 6.07) is 4.58. The molecule has 118 valence electrons. The standard InChI is InChI=1S/C13H15N3O4S2/c1-19-9-5-6-10(20-2)11(7-9)22(17,18)16-13-15-14-12(21-13)8-3-4-8/h5-8H,3-4H2,1-2H3,(H,15,16). The zero-order valence-electron chi connectivity index (χ0n) is 12.1. The predicted molar refractivity (Wildman–Crippen MR) is 82.2 cm³/mol. The maximum atomic E-state index is 12.5. The zero-order chi connectivity index (χ0) is 15.7. The number of aromatic nitrogens is 2. The maximum Gasteiger partial charge on any atom is 0.267 e. The van der Waals surface area contributed by atoms with E-state index in [9.17, 15) is 8.42 Å². The molecule has 0 aliphatic heterocycles. The number of hydrogen-bond donors (Lipinski definition) is 1. The number of ether oxygens (including phenoxy) is 2. The van der Waals surface area contributed by atoms with E-state index in [0.717, 1.165) is 17.8 Å². The molecule has 0 atom stereocenters. The van der Waals surface area contributed by atoms with Crippen LogP contribution in [0.15, 0.2) is 23.1 Å². The first-order chi connectivity index (χ1) is 10.5. The molecule has 3 rings (SSSR count). The Hall–Kier alpha value is -1.87. The lowest BCUT2D eigenvalue weighted by molar-refractivity contribution is 0.392. The number of rotatable bonds is 6. The van der Waals surface area contributed by atoms with Gasteiger partial charge in [0, 0.05) is 12.0 Å². The Balaban J connectivity index is 1.90. The molecule has 1 aliphatic carbocycles. The molecule has 1 N–H and O–H groups in total. The van der Waals surface area contributed by atoms with Crippen molar-refractivity contribution in [3.63, 3.8) is 0 Å². The lowest BCUT2D eigenvalue weighted by Crippen LogP contribution is -2.14. The molecule has 0 saturated heterocycles. The van der Waals surface area contributed by atoms with E-state index in [1.165, 1.54) is 31.6 Å². The van der Waals surface area contributed by atoms with Crippen molar-refractivity contribution in [1.82, 2.24) is 10.2 Å². The van der Waals surface area contributed by atoms with Crippen molar-refractivity contribution in [2.45, 2.75) is 23.7 Å². The highest BCUT2D eigenvalue weighted by atomic mass is 32.2. The van der Waals surface area contributed by atoms with Crippen LogP contribution in [0.2, 0.25) is 0 Å². The summed E-state index contributed by atoms with van der Waals surface area (Å²) >= 11 is 1.26. The second-order valence-electron chi connectivity index (χ2n) is 4.84. The molecule has 0 unspecified atom stereocenters.